The van der Waals surface area contributed by atoms with Gasteiger partial charge in [-0.2, -0.15) is 5.26 Å². The minimum absolute atomic E-state index is 0.330. The molecule has 0 bridgehead atoms. The van der Waals surface area contributed by atoms with Gasteiger partial charge in [0.15, 0.2) is 0 Å². The average Bonchev–Trinajstić information content (AvgIpc) is 2.89. The van der Waals surface area contributed by atoms with Crippen molar-refractivity contribution in [1.29, 1.82) is 5.26 Å². The highest BCUT2D eigenvalue weighted by Gasteiger charge is 2.14. The summed E-state index contributed by atoms with van der Waals surface area (Å²) in [6.45, 7) is 0.337. The number of rotatable bonds is 4. The topological polar surface area (TPSA) is 59.6 Å². The highest BCUT2D eigenvalue weighted by molar-refractivity contribution is 9.10. The van der Waals surface area contributed by atoms with Gasteiger partial charge in [0.1, 0.15) is 24.0 Å². The third kappa shape index (κ3) is 2.76. The van der Waals surface area contributed by atoms with Crippen molar-refractivity contribution in [2.24, 2.45) is 0 Å². The van der Waals surface area contributed by atoms with Crippen molar-refractivity contribution < 1.29 is 9.47 Å². The number of hydrogen-bond acceptors (Lipinski definition) is 4. The lowest BCUT2D eigenvalue weighted by atomic mass is 10.2. The van der Waals surface area contributed by atoms with E-state index in [4.69, 9.17) is 9.47 Å². The van der Waals surface area contributed by atoms with Crippen LogP contribution in [0.1, 0.15) is 11.1 Å². The molecular formula is C16H12BrN3O2. The third-order valence-corrected chi connectivity index (χ3v) is 3.68. The van der Waals surface area contributed by atoms with Gasteiger partial charge in [-0.3, -0.25) is 0 Å². The molecule has 0 N–H and O–H groups in total. The number of halogens is 1. The van der Waals surface area contributed by atoms with E-state index in [0.717, 1.165) is 21.3 Å². The van der Waals surface area contributed by atoms with Crippen molar-refractivity contribution in [2.75, 3.05) is 7.11 Å². The minimum Gasteiger partial charge on any atom is -0.497 e. The molecule has 0 fully saturated rings. The zero-order valence-corrected chi connectivity index (χ0v) is 13.4. The predicted octanol–water partition coefficient (Wildman–Crippen LogP) is 3.56. The van der Waals surface area contributed by atoms with Crippen LogP contribution in [0, 0.1) is 11.3 Å². The highest BCUT2D eigenvalue weighted by atomic mass is 79.9. The molecule has 0 aliphatic heterocycles. The van der Waals surface area contributed by atoms with E-state index >= 15 is 0 Å². The monoisotopic (exact) mass is 357 g/mol. The number of nitrogens with zero attached hydrogens (tertiary/aromatic N) is 3. The van der Waals surface area contributed by atoms with E-state index in [1.54, 1.807) is 17.8 Å². The van der Waals surface area contributed by atoms with Crippen molar-refractivity contribution in [3.8, 4) is 17.7 Å². The van der Waals surface area contributed by atoms with Crippen molar-refractivity contribution in [3.05, 3.63) is 58.2 Å². The molecule has 5 nitrogen and oxygen atoms in total. The lowest BCUT2D eigenvalue weighted by molar-refractivity contribution is 0.291. The van der Waals surface area contributed by atoms with E-state index in [9.17, 15) is 5.26 Å². The number of benzene rings is 1. The Kier molecular flexibility index (Phi) is 3.98. The molecule has 2 heterocycles. The number of methoxy groups -OCH3 is 1. The van der Waals surface area contributed by atoms with Gasteiger partial charge in [-0.15, -0.1) is 5.10 Å². The van der Waals surface area contributed by atoms with Gasteiger partial charge in [0, 0.05) is 10.7 Å². The SMILES string of the molecule is COc1ccc(COc2nn3cc(Br)ccc3c2C#N)cc1. The molecular weight excluding hydrogens is 346 g/mol. The highest BCUT2D eigenvalue weighted by Crippen LogP contribution is 2.24. The van der Waals surface area contributed by atoms with Crippen LogP contribution in [0.2, 0.25) is 0 Å². The first-order valence-corrected chi connectivity index (χ1v) is 7.34. The summed E-state index contributed by atoms with van der Waals surface area (Å²) in [5.74, 6) is 1.12. The fourth-order valence-electron chi connectivity index (χ4n) is 2.08. The van der Waals surface area contributed by atoms with Crippen LogP contribution in [-0.2, 0) is 6.61 Å². The normalized spacial score (nSPS) is 10.4. The molecule has 6 heteroatoms. The summed E-state index contributed by atoms with van der Waals surface area (Å²) in [6, 6.07) is 13.4. The van der Waals surface area contributed by atoms with Crippen LogP contribution in [0.15, 0.2) is 47.1 Å². The summed E-state index contributed by atoms with van der Waals surface area (Å²) in [4.78, 5) is 0. The van der Waals surface area contributed by atoms with Crippen molar-refractivity contribution in [3.63, 3.8) is 0 Å². The summed E-state index contributed by atoms with van der Waals surface area (Å²) >= 11 is 3.38. The summed E-state index contributed by atoms with van der Waals surface area (Å²) in [7, 11) is 1.62. The van der Waals surface area contributed by atoms with Gasteiger partial charge in [0.25, 0.3) is 5.88 Å². The van der Waals surface area contributed by atoms with Crippen molar-refractivity contribution >= 4 is 21.4 Å². The van der Waals surface area contributed by atoms with Gasteiger partial charge in [0.05, 0.1) is 12.6 Å². The Morgan fingerprint density at radius 3 is 2.68 bits per heavy atom. The van der Waals surface area contributed by atoms with Crippen LogP contribution in [0.5, 0.6) is 11.6 Å². The lowest BCUT2D eigenvalue weighted by Gasteiger charge is -2.04. The predicted molar refractivity (Wildman–Crippen MR) is 84.9 cm³/mol. The van der Waals surface area contributed by atoms with Crippen LogP contribution in [0.4, 0.5) is 0 Å². The van der Waals surface area contributed by atoms with Crippen LogP contribution in [0.25, 0.3) is 5.52 Å². The second-order valence-corrected chi connectivity index (χ2v) is 5.52. The maximum Gasteiger partial charge on any atom is 0.252 e. The minimum atomic E-state index is 0.330. The van der Waals surface area contributed by atoms with Crippen LogP contribution < -0.4 is 9.47 Å². The molecule has 2 aromatic heterocycles. The summed E-state index contributed by atoms with van der Waals surface area (Å²) < 4.78 is 13.3. The average molecular weight is 358 g/mol. The summed E-state index contributed by atoms with van der Waals surface area (Å²) in [5.41, 5.74) is 2.12. The Hall–Kier alpha value is -2.52. The largest absolute Gasteiger partial charge is 0.497 e. The molecule has 3 rings (SSSR count). The van der Waals surface area contributed by atoms with E-state index in [-0.39, 0.29) is 0 Å². The molecule has 0 unspecified atom stereocenters. The quantitative estimate of drug-likeness (QED) is 0.716. The maximum absolute atomic E-state index is 9.33. The van der Waals surface area contributed by atoms with Crippen LogP contribution >= 0.6 is 15.9 Å². The van der Waals surface area contributed by atoms with Crippen molar-refractivity contribution in [2.45, 2.75) is 6.61 Å². The first-order valence-electron chi connectivity index (χ1n) is 6.55. The molecule has 0 aliphatic rings. The molecule has 3 aromatic rings. The maximum atomic E-state index is 9.33. The first-order chi connectivity index (χ1) is 10.7. The molecule has 0 aliphatic carbocycles. The number of pyridine rings is 1. The number of aromatic nitrogens is 2. The number of nitriles is 1. The second kappa shape index (κ2) is 6.08. The van der Waals surface area contributed by atoms with Crippen LogP contribution in [-0.4, -0.2) is 16.7 Å². The lowest BCUT2D eigenvalue weighted by Crippen LogP contribution is -1.97. The zero-order valence-electron chi connectivity index (χ0n) is 11.8. The Balaban J connectivity index is 1.85. The van der Waals surface area contributed by atoms with Crippen molar-refractivity contribution in [1.82, 2.24) is 9.61 Å². The Morgan fingerprint density at radius 1 is 1.23 bits per heavy atom. The second-order valence-electron chi connectivity index (χ2n) is 4.61. The molecule has 1 aromatic carbocycles. The van der Waals surface area contributed by atoms with E-state index in [0.29, 0.717) is 18.1 Å². The molecule has 0 radical (unpaired) electrons. The molecule has 0 atom stereocenters. The first kappa shape index (κ1) is 14.4. The van der Waals surface area contributed by atoms with Gasteiger partial charge in [-0.05, 0) is 45.8 Å². The van der Waals surface area contributed by atoms with Gasteiger partial charge in [-0.25, -0.2) is 4.52 Å². The summed E-state index contributed by atoms with van der Waals surface area (Å²) in [5, 5.41) is 13.6. The van der Waals surface area contributed by atoms with E-state index in [2.05, 4.69) is 27.1 Å². The fraction of sp³-hybridized carbons (Fsp3) is 0.125. The Bertz CT molecular complexity index is 850. The van der Waals surface area contributed by atoms with Crippen LogP contribution in [0.3, 0.4) is 0 Å². The van der Waals surface area contributed by atoms with E-state index in [1.165, 1.54) is 0 Å². The third-order valence-electron chi connectivity index (χ3n) is 3.21. The summed E-state index contributed by atoms with van der Waals surface area (Å²) in [6.07, 6.45) is 1.79. The number of ether oxygens (including phenoxy) is 2. The molecule has 0 saturated carbocycles. The molecule has 22 heavy (non-hydrogen) atoms. The Morgan fingerprint density at radius 2 is 2.00 bits per heavy atom. The van der Waals surface area contributed by atoms with Gasteiger partial charge in [-0.1, -0.05) is 12.1 Å². The molecule has 110 valence electrons. The van der Waals surface area contributed by atoms with Gasteiger partial charge < -0.3 is 9.47 Å². The number of hydrogen-bond donors (Lipinski definition) is 0. The molecule has 0 spiro atoms. The van der Waals surface area contributed by atoms with E-state index < -0.39 is 0 Å². The molecule has 0 saturated heterocycles. The fourth-order valence-corrected chi connectivity index (χ4v) is 2.41. The Labute approximate surface area is 135 Å². The standard InChI is InChI=1S/C16H12BrN3O2/c1-21-13-5-2-11(3-6-13)10-22-16-14(8-18)15-7-4-12(17)9-20(15)19-16/h2-7,9H,10H2,1H3. The number of fused-ring (bicyclic) bond motifs is 1. The smallest absolute Gasteiger partial charge is 0.252 e. The van der Waals surface area contributed by atoms with E-state index in [1.807, 2.05) is 36.4 Å². The van der Waals surface area contributed by atoms with Gasteiger partial charge in [0.2, 0.25) is 0 Å². The molecule has 0 amide bonds. The van der Waals surface area contributed by atoms with Gasteiger partial charge >= 0.3 is 0 Å². The zero-order chi connectivity index (χ0) is 15.5.